The third-order valence-electron chi connectivity index (χ3n) is 5.57. The summed E-state index contributed by atoms with van der Waals surface area (Å²) >= 11 is 0. The van der Waals surface area contributed by atoms with Crippen LogP contribution in [0.4, 0.5) is 5.69 Å². The molecule has 0 unspecified atom stereocenters. The van der Waals surface area contributed by atoms with Gasteiger partial charge in [0.25, 0.3) is 5.91 Å². The van der Waals surface area contributed by atoms with Gasteiger partial charge in [0.15, 0.2) is 0 Å². The van der Waals surface area contributed by atoms with Crippen LogP contribution in [0, 0.1) is 6.92 Å². The number of methoxy groups -OCH3 is 1. The Morgan fingerprint density at radius 3 is 2.48 bits per heavy atom. The summed E-state index contributed by atoms with van der Waals surface area (Å²) in [5, 5.41) is 14.3. The average Bonchev–Trinajstić information content (AvgIpc) is 3.06. The summed E-state index contributed by atoms with van der Waals surface area (Å²) in [5.74, 6) is 1.09. The molecule has 1 amide bonds. The number of carbonyl (C=O) groups is 1. The third-order valence-corrected chi connectivity index (χ3v) is 5.57. The number of nitrogens with zero attached hydrogens (tertiary/aromatic N) is 1. The van der Waals surface area contributed by atoms with Crippen molar-refractivity contribution in [1.29, 1.82) is 0 Å². The Morgan fingerprint density at radius 2 is 1.84 bits per heavy atom. The average molecular weight is 424 g/mol. The number of morpholine rings is 1. The molecule has 1 aromatic heterocycles. The number of aryl methyl sites for hydroxylation is 1. The molecule has 2 atom stereocenters. The fraction of sp³-hybridized carbons (Fsp3) is 0.375. The van der Waals surface area contributed by atoms with Gasteiger partial charge in [-0.2, -0.15) is 0 Å². The highest BCUT2D eigenvalue weighted by Crippen LogP contribution is 2.35. The van der Waals surface area contributed by atoms with E-state index in [4.69, 9.17) is 13.9 Å². The van der Waals surface area contributed by atoms with E-state index in [9.17, 15) is 9.90 Å². The van der Waals surface area contributed by atoms with Crippen molar-refractivity contribution < 1.29 is 23.8 Å². The first-order valence-corrected chi connectivity index (χ1v) is 10.4. The van der Waals surface area contributed by atoms with Crippen molar-refractivity contribution in [3.8, 4) is 11.5 Å². The molecule has 0 radical (unpaired) electrons. The maximum Gasteiger partial charge on any atom is 0.259 e. The molecular weight excluding hydrogens is 396 g/mol. The molecule has 3 aromatic rings. The van der Waals surface area contributed by atoms with E-state index >= 15 is 0 Å². The van der Waals surface area contributed by atoms with E-state index < -0.39 is 0 Å². The first-order valence-electron chi connectivity index (χ1n) is 10.4. The van der Waals surface area contributed by atoms with Crippen LogP contribution in [0.2, 0.25) is 0 Å². The standard InChI is InChI=1S/C24H28N2O5/c1-14-11-26(12-15(2)30-14)13-19-20(27)9-10-21-23(19)22(16(3)31-21)24(28)25-17-5-7-18(29-4)8-6-17/h5-10,14-15,27H,11-13H2,1-4H3,(H,25,28)/t14-,15-/m1/s1. The number of phenolic OH excluding ortho intramolecular Hbond substituents is 1. The van der Waals surface area contributed by atoms with Crippen molar-refractivity contribution in [2.75, 3.05) is 25.5 Å². The maximum atomic E-state index is 13.2. The van der Waals surface area contributed by atoms with Gasteiger partial charge in [-0.25, -0.2) is 0 Å². The second-order valence-corrected chi connectivity index (χ2v) is 8.10. The lowest BCUT2D eigenvalue weighted by Gasteiger charge is -2.35. The van der Waals surface area contributed by atoms with Gasteiger partial charge in [0.1, 0.15) is 22.8 Å². The Kier molecular flexibility index (Phi) is 5.89. The summed E-state index contributed by atoms with van der Waals surface area (Å²) in [4.78, 5) is 15.4. The Bertz CT molecular complexity index is 1080. The molecule has 2 N–H and O–H groups in total. The number of phenols is 1. The molecule has 0 bridgehead atoms. The van der Waals surface area contributed by atoms with E-state index in [1.54, 1.807) is 50.4 Å². The predicted molar refractivity (Wildman–Crippen MR) is 119 cm³/mol. The quantitative estimate of drug-likeness (QED) is 0.635. The zero-order valence-electron chi connectivity index (χ0n) is 18.3. The largest absolute Gasteiger partial charge is 0.508 e. The van der Waals surface area contributed by atoms with Crippen LogP contribution in [0.5, 0.6) is 11.5 Å². The van der Waals surface area contributed by atoms with Crippen molar-refractivity contribution in [2.24, 2.45) is 0 Å². The van der Waals surface area contributed by atoms with E-state index in [0.717, 1.165) is 13.1 Å². The summed E-state index contributed by atoms with van der Waals surface area (Å²) in [6.45, 7) is 7.86. The monoisotopic (exact) mass is 424 g/mol. The Hall–Kier alpha value is -3.03. The number of hydrogen-bond acceptors (Lipinski definition) is 6. The lowest BCUT2D eigenvalue weighted by atomic mass is 10.0. The van der Waals surface area contributed by atoms with Gasteiger partial charge >= 0.3 is 0 Å². The summed E-state index contributed by atoms with van der Waals surface area (Å²) < 4.78 is 16.9. The smallest absolute Gasteiger partial charge is 0.259 e. The van der Waals surface area contributed by atoms with Gasteiger partial charge in [-0.1, -0.05) is 0 Å². The molecule has 164 valence electrons. The Balaban J connectivity index is 1.69. The molecule has 0 aliphatic carbocycles. The number of furan rings is 1. The minimum atomic E-state index is -0.281. The number of hydrogen-bond donors (Lipinski definition) is 2. The maximum absolute atomic E-state index is 13.2. The summed E-state index contributed by atoms with van der Waals surface area (Å²) in [6, 6.07) is 10.5. The van der Waals surface area contributed by atoms with Gasteiger partial charge in [0.05, 0.1) is 24.9 Å². The van der Waals surface area contributed by atoms with Crippen molar-refractivity contribution in [3.05, 3.63) is 53.3 Å². The molecule has 7 nitrogen and oxygen atoms in total. The van der Waals surface area contributed by atoms with E-state index in [1.165, 1.54) is 0 Å². The number of aromatic hydroxyl groups is 1. The van der Waals surface area contributed by atoms with Crippen molar-refractivity contribution in [3.63, 3.8) is 0 Å². The van der Waals surface area contributed by atoms with Crippen molar-refractivity contribution >= 4 is 22.6 Å². The van der Waals surface area contributed by atoms with Gasteiger partial charge in [-0.3, -0.25) is 9.69 Å². The first-order chi connectivity index (χ1) is 14.9. The lowest BCUT2D eigenvalue weighted by Crippen LogP contribution is -2.44. The molecule has 2 heterocycles. The number of nitrogens with one attached hydrogen (secondary N) is 1. The number of ether oxygens (including phenoxy) is 2. The van der Waals surface area contributed by atoms with Gasteiger partial charge in [-0.15, -0.1) is 0 Å². The molecule has 1 aliphatic heterocycles. The third kappa shape index (κ3) is 4.38. The van der Waals surface area contributed by atoms with Gasteiger partial charge in [0.2, 0.25) is 0 Å². The van der Waals surface area contributed by atoms with Gasteiger partial charge < -0.3 is 24.3 Å². The Labute approximate surface area is 181 Å². The summed E-state index contributed by atoms with van der Waals surface area (Å²) in [6.07, 6.45) is 0.211. The number of amides is 1. The number of carbonyl (C=O) groups excluding carboxylic acids is 1. The summed E-state index contributed by atoms with van der Waals surface area (Å²) in [5.41, 5.74) is 2.36. The second-order valence-electron chi connectivity index (χ2n) is 8.10. The highest BCUT2D eigenvalue weighted by atomic mass is 16.5. The van der Waals surface area contributed by atoms with E-state index in [1.807, 2.05) is 13.8 Å². The number of benzene rings is 2. The number of anilines is 1. The normalized spacial score (nSPS) is 19.5. The fourth-order valence-corrected chi connectivity index (χ4v) is 4.30. The van der Waals surface area contributed by atoms with Crippen LogP contribution in [-0.4, -0.2) is 48.3 Å². The minimum absolute atomic E-state index is 0.106. The minimum Gasteiger partial charge on any atom is -0.508 e. The highest BCUT2D eigenvalue weighted by molar-refractivity contribution is 6.14. The molecule has 4 rings (SSSR count). The van der Waals surface area contributed by atoms with Crippen LogP contribution in [0.3, 0.4) is 0 Å². The van der Waals surface area contributed by atoms with E-state index in [-0.39, 0.29) is 23.9 Å². The molecule has 1 saturated heterocycles. The predicted octanol–water partition coefficient (Wildman–Crippen LogP) is 4.32. The molecular formula is C24H28N2O5. The van der Waals surface area contributed by atoms with Crippen LogP contribution in [0.25, 0.3) is 11.0 Å². The number of rotatable bonds is 5. The van der Waals surface area contributed by atoms with Crippen molar-refractivity contribution in [2.45, 2.75) is 39.5 Å². The van der Waals surface area contributed by atoms with Crippen molar-refractivity contribution in [1.82, 2.24) is 4.90 Å². The molecule has 0 spiro atoms. The molecule has 1 aliphatic rings. The van der Waals surface area contributed by atoms with Crippen LogP contribution >= 0.6 is 0 Å². The van der Waals surface area contributed by atoms with E-state index in [0.29, 0.717) is 45.8 Å². The zero-order valence-corrected chi connectivity index (χ0v) is 18.3. The second kappa shape index (κ2) is 8.61. The molecule has 7 heteroatoms. The zero-order chi connectivity index (χ0) is 22.1. The molecule has 31 heavy (non-hydrogen) atoms. The molecule has 2 aromatic carbocycles. The SMILES string of the molecule is COc1ccc(NC(=O)c2c(C)oc3ccc(O)c(CN4C[C@@H](C)O[C@H](C)C4)c23)cc1. The molecule has 1 fully saturated rings. The summed E-state index contributed by atoms with van der Waals surface area (Å²) in [7, 11) is 1.60. The fourth-order valence-electron chi connectivity index (χ4n) is 4.30. The first kappa shape index (κ1) is 21.2. The number of fused-ring (bicyclic) bond motifs is 1. The molecule has 0 saturated carbocycles. The Morgan fingerprint density at radius 1 is 1.16 bits per heavy atom. The van der Waals surface area contributed by atoms with Crippen LogP contribution in [-0.2, 0) is 11.3 Å². The van der Waals surface area contributed by atoms with Crippen LogP contribution < -0.4 is 10.1 Å². The topological polar surface area (TPSA) is 84.2 Å². The van der Waals surface area contributed by atoms with Gasteiger partial charge in [-0.05, 0) is 57.2 Å². The van der Waals surface area contributed by atoms with Crippen LogP contribution in [0.1, 0.15) is 35.5 Å². The lowest BCUT2D eigenvalue weighted by molar-refractivity contribution is -0.0705. The van der Waals surface area contributed by atoms with Gasteiger partial charge in [0, 0.05) is 36.3 Å². The van der Waals surface area contributed by atoms with E-state index in [2.05, 4.69) is 10.2 Å². The van der Waals surface area contributed by atoms with Crippen LogP contribution in [0.15, 0.2) is 40.8 Å². The highest BCUT2D eigenvalue weighted by Gasteiger charge is 2.27.